The van der Waals surface area contributed by atoms with Gasteiger partial charge < -0.3 is 15.1 Å². The third-order valence-electron chi connectivity index (χ3n) is 3.01. The lowest BCUT2D eigenvalue weighted by Crippen LogP contribution is -2.32. The normalized spacial score (nSPS) is 11.7. The van der Waals surface area contributed by atoms with Gasteiger partial charge in [0.15, 0.2) is 0 Å². The van der Waals surface area contributed by atoms with E-state index in [1.54, 1.807) is 18.4 Å². The summed E-state index contributed by atoms with van der Waals surface area (Å²) in [6.07, 6.45) is 1.75. The highest BCUT2D eigenvalue weighted by Crippen LogP contribution is 2.16. The second-order valence-corrected chi connectivity index (χ2v) is 4.72. The van der Waals surface area contributed by atoms with Crippen molar-refractivity contribution >= 4 is 11.8 Å². The van der Waals surface area contributed by atoms with Gasteiger partial charge in [0.2, 0.25) is 11.8 Å². The molecule has 2 rings (SSSR count). The minimum absolute atomic E-state index is 0.144. The van der Waals surface area contributed by atoms with E-state index in [0.29, 0.717) is 12.3 Å². The molecule has 1 aromatic carbocycles. The lowest BCUT2D eigenvalue weighted by Gasteiger charge is -2.17. The summed E-state index contributed by atoms with van der Waals surface area (Å²) in [5.74, 6) is 0.385. The first-order chi connectivity index (χ1) is 10.1. The van der Waals surface area contributed by atoms with Crippen LogP contribution in [0.5, 0.6) is 0 Å². The Morgan fingerprint density at radius 1 is 1.14 bits per heavy atom. The Morgan fingerprint density at radius 3 is 2.52 bits per heavy atom. The van der Waals surface area contributed by atoms with E-state index in [1.165, 1.54) is 6.92 Å². The van der Waals surface area contributed by atoms with Gasteiger partial charge in [-0.15, -0.1) is 0 Å². The van der Waals surface area contributed by atoms with E-state index in [-0.39, 0.29) is 24.3 Å². The van der Waals surface area contributed by atoms with Crippen LogP contribution < -0.4 is 10.6 Å². The van der Waals surface area contributed by atoms with Crippen LogP contribution in [0.15, 0.2) is 53.1 Å². The van der Waals surface area contributed by atoms with Gasteiger partial charge in [-0.1, -0.05) is 30.3 Å². The summed E-state index contributed by atoms with van der Waals surface area (Å²) in [7, 11) is 0. The Morgan fingerprint density at radius 2 is 1.90 bits per heavy atom. The zero-order chi connectivity index (χ0) is 15.1. The van der Waals surface area contributed by atoms with Crippen molar-refractivity contribution in [2.75, 3.05) is 0 Å². The minimum atomic E-state index is -0.333. The summed E-state index contributed by atoms with van der Waals surface area (Å²) >= 11 is 0. The van der Waals surface area contributed by atoms with Crippen LogP contribution in [-0.4, -0.2) is 11.8 Å². The molecule has 0 aliphatic rings. The van der Waals surface area contributed by atoms with Crippen LogP contribution in [-0.2, 0) is 16.1 Å². The highest BCUT2D eigenvalue weighted by atomic mass is 16.3. The zero-order valence-corrected chi connectivity index (χ0v) is 11.8. The number of hydrogen-bond donors (Lipinski definition) is 2. The van der Waals surface area contributed by atoms with Gasteiger partial charge in [-0.25, -0.2) is 0 Å². The van der Waals surface area contributed by atoms with E-state index >= 15 is 0 Å². The molecule has 0 aliphatic heterocycles. The number of benzene rings is 1. The SMILES string of the molecule is CC(=O)NC(CC(=O)NCc1ccco1)c1ccccc1. The summed E-state index contributed by atoms with van der Waals surface area (Å²) in [5.41, 5.74) is 0.904. The quantitative estimate of drug-likeness (QED) is 0.855. The average Bonchev–Trinajstić information content (AvgIpc) is 2.98. The topological polar surface area (TPSA) is 71.3 Å². The maximum Gasteiger partial charge on any atom is 0.222 e. The van der Waals surface area contributed by atoms with Crippen molar-refractivity contribution in [3.8, 4) is 0 Å². The number of furan rings is 1. The molecule has 1 atom stereocenters. The van der Waals surface area contributed by atoms with Crippen molar-refractivity contribution < 1.29 is 14.0 Å². The molecule has 2 aromatic rings. The number of carbonyl (C=O) groups is 2. The van der Waals surface area contributed by atoms with Crippen LogP contribution in [0.2, 0.25) is 0 Å². The molecule has 0 radical (unpaired) electrons. The fourth-order valence-corrected chi connectivity index (χ4v) is 2.04. The molecule has 0 saturated heterocycles. The van der Waals surface area contributed by atoms with Crippen LogP contribution in [0.4, 0.5) is 0 Å². The molecule has 1 aromatic heterocycles. The molecule has 0 bridgehead atoms. The molecule has 110 valence electrons. The molecule has 0 fully saturated rings. The van der Waals surface area contributed by atoms with E-state index in [0.717, 1.165) is 5.56 Å². The van der Waals surface area contributed by atoms with Crippen molar-refractivity contribution in [1.82, 2.24) is 10.6 Å². The molecule has 1 unspecified atom stereocenters. The zero-order valence-electron chi connectivity index (χ0n) is 11.8. The van der Waals surface area contributed by atoms with Gasteiger partial charge in [-0.05, 0) is 17.7 Å². The lowest BCUT2D eigenvalue weighted by atomic mass is 10.0. The number of rotatable bonds is 6. The molecule has 0 spiro atoms. The Labute approximate surface area is 123 Å². The molecule has 5 heteroatoms. The van der Waals surface area contributed by atoms with Crippen molar-refractivity contribution in [1.29, 1.82) is 0 Å². The second-order valence-electron chi connectivity index (χ2n) is 4.72. The first-order valence-electron chi connectivity index (χ1n) is 6.76. The number of amides is 2. The molecule has 0 saturated carbocycles. The van der Waals surface area contributed by atoms with Gasteiger partial charge in [0.25, 0.3) is 0 Å². The van der Waals surface area contributed by atoms with E-state index in [9.17, 15) is 9.59 Å². The van der Waals surface area contributed by atoms with Gasteiger partial charge in [0, 0.05) is 6.92 Å². The number of carbonyl (C=O) groups excluding carboxylic acids is 2. The maximum atomic E-state index is 12.0. The molecule has 0 aliphatic carbocycles. The summed E-state index contributed by atoms with van der Waals surface area (Å²) in [6, 6.07) is 12.7. The fourth-order valence-electron chi connectivity index (χ4n) is 2.04. The standard InChI is InChI=1S/C16H18N2O3/c1-12(19)18-15(13-6-3-2-4-7-13)10-16(20)17-11-14-8-5-9-21-14/h2-9,15H,10-11H2,1H3,(H,17,20)(H,18,19). The predicted molar refractivity (Wildman–Crippen MR) is 78.2 cm³/mol. The molecular weight excluding hydrogens is 268 g/mol. The summed E-state index contributed by atoms with van der Waals surface area (Å²) in [5, 5.41) is 5.57. The Hall–Kier alpha value is -2.56. The lowest BCUT2D eigenvalue weighted by molar-refractivity contribution is -0.123. The summed E-state index contributed by atoms with van der Waals surface area (Å²) < 4.78 is 5.15. The second kappa shape index (κ2) is 7.28. The Kier molecular flexibility index (Phi) is 5.15. The van der Waals surface area contributed by atoms with Crippen LogP contribution >= 0.6 is 0 Å². The van der Waals surface area contributed by atoms with Gasteiger partial charge in [0.1, 0.15) is 5.76 Å². The minimum Gasteiger partial charge on any atom is -0.467 e. The Bertz CT molecular complexity index is 579. The molecule has 21 heavy (non-hydrogen) atoms. The largest absolute Gasteiger partial charge is 0.467 e. The molecule has 5 nitrogen and oxygen atoms in total. The first-order valence-corrected chi connectivity index (χ1v) is 6.76. The fraction of sp³-hybridized carbons (Fsp3) is 0.250. The van der Waals surface area contributed by atoms with E-state index < -0.39 is 0 Å². The van der Waals surface area contributed by atoms with E-state index in [1.807, 2.05) is 30.3 Å². The highest BCUT2D eigenvalue weighted by Gasteiger charge is 2.16. The summed E-state index contributed by atoms with van der Waals surface area (Å²) in [6.45, 7) is 1.78. The van der Waals surface area contributed by atoms with E-state index in [2.05, 4.69) is 10.6 Å². The molecular formula is C16H18N2O3. The average molecular weight is 286 g/mol. The smallest absolute Gasteiger partial charge is 0.222 e. The van der Waals surface area contributed by atoms with Crippen molar-refractivity contribution in [3.05, 3.63) is 60.1 Å². The first kappa shape index (κ1) is 14.8. The van der Waals surface area contributed by atoms with Crippen LogP contribution in [0.3, 0.4) is 0 Å². The summed E-state index contributed by atoms with van der Waals surface area (Å²) in [4.78, 5) is 23.3. The highest BCUT2D eigenvalue weighted by molar-refractivity contribution is 5.79. The van der Waals surface area contributed by atoms with E-state index in [4.69, 9.17) is 4.42 Å². The Balaban J connectivity index is 1.94. The van der Waals surface area contributed by atoms with Gasteiger partial charge in [-0.3, -0.25) is 9.59 Å². The monoisotopic (exact) mass is 286 g/mol. The van der Waals surface area contributed by atoms with Crippen LogP contribution in [0.1, 0.15) is 30.7 Å². The van der Waals surface area contributed by atoms with Crippen molar-refractivity contribution in [2.24, 2.45) is 0 Å². The van der Waals surface area contributed by atoms with Crippen LogP contribution in [0.25, 0.3) is 0 Å². The maximum absolute atomic E-state index is 12.0. The number of nitrogens with one attached hydrogen (secondary N) is 2. The molecule has 2 amide bonds. The van der Waals surface area contributed by atoms with Crippen molar-refractivity contribution in [2.45, 2.75) is 25.9 Å². The molecule has 2 N–H and O–H groups in total. The van der Waals surface area contributed by atoms with Crippen molar-refractivity contribution in [3.63, 3.8) is 0 Å². The third kappa shape index (κ3) is 4.80. The molecule has 1 heterocycles. The van der Waals surface area contributed by atoms with Gasteiger partial charge in [0.05, 0.1) is 25.3 Å². The van der Waals surface area contributed by atoms with Gasteiger partial charge >= 0.3 is 0 Å². The third-order valence-corrected chi connectivity index (χ3v) is 3.01. The predicted octanol–water partition coefficient (Wildman–Crippen LogP) is 2.16. The number of hydrogen-bond acceptors (Lipinski definition) is 3. The van der Waals surface area contributed by atoms with Gasteiger partial charge in [-0.2, -0.15) is 0 Å². The van der Waals surface area contributed by atoms with Crippen LogP contribution in [0, 0.1) is 0 Å².